The zero-order valence-electron chi connectivity index (χ0n) is 11.6. The van der Waals surface area contributed by atoms with Crippen molar-refractivity contribution in [3.8, 4) is 11.3 Å². The Morgan fingerprint density at radius 2 is 1.95 bits per heavy atom. The summed E-state index contributed by atoms with van der Waals surface area (Å²) in [4.78, 5) is 15.6. The van der Waals surface area contributed by atoms with Crippen molar-refractivity contribution in [3.63, 3.8) is 0 Å². The van der Waals surface area contributed by atoms with Crippen LogP contribution in [0.25, 0.3) is 16.9 Å². The molecule has 3 rings (SSSR count). The third-order valence-electron chi connectivity index (χ3n) is 3.55. The lowest BCUT2D eigenvalue weighted by molar-refractivity contribution is 0.112. The molecule has 0 atom stereocenters. The highest BCUT2D eigenvalue weighted by molar-refractivity contribution is 5.76. The molecule has 0 saturated carbocycles. The van der Waals surface area contributed by atoms with Gasteiger partial charge in [0.25, 0.3) is 0 Å². The average Bonchev–Trinajstić information content (AvgIpc) is 2.92. The lowest BCUT2D eigenvalue weighted by atomic mass is 10.1. The van der Waals surface area contributed by atoms with E-state index in [1.807, 2.05) is 29.8 Å². The standard InChI is InChI=1S/C17H16N2O/c1-3-13-4-6-15(7-5-13)16-10-19-9-14(11-20)8-12(2)17(19)18-16/h4-11H,3H2,1-2H3. The van der Waals surface area contributed by atoms with Gasteiger partial charge in [0, 0.05) is 23.5 Å². The van der Waals surface area contributed by atoms with E-state index in [9.17, 15) is 4.79 Å². The topological polar surface area (TPSA) is 34.4 Å². The Balaban J connectivity index is 2.12. The number of benzene rings is 1. The van der Waals surface area contributed by atoms with Crippen LogP contribution in [0.5, 0.6) is 0 Å². The van der Waals surface area contributed by atoms with Crippen molar-refractivity contribution in [3.05, 3.63) is 59.4 Å². The Labute approximate surface area is 117 Å². The first-order chi connectivity index (χ1) is 9.71. The maximum Gasteiger partial charge on any atom is 0.151 e. The van der Waals surface area contributed by atoms with E-state index in [-0.39, 0.29) is 0 Å². The van der Waals surface area contributed by atoms with E-state index < -0.39 is 0 Å². The van der Waals surface area contributed by atoms with Crippen LogP contribution in [0.15, 0.2) is 42.7 Å². The van der Waals surface area contributed by atoms with E-state index in [1.165, 1.54) is 5.56 Å². The summed E-state index contributed by atoms with van der Waals surface area (Å²) in [5.41, 5.74) is 5.91. The molecular weight excluding hydrogens is 248 g/mol. The van der Waals surface area contributed by atoms with Gasteiger partial charge in [-0.05, 0) is 30.5 Å². The van der Waals surface area contributed by atoms with Crippen molar-refractivity contribution in [1.29, 1.82) is 0 Å². The van der Waals surface area contributed by atoms with E-state index in [2.05, 4.69) is 36.2 Å². The van der Waals surface area contributed by atoms with Gasteiger partial charge in [-0.15, -0.1) is 0 Å². The minimum Gasteiger partial charge on any atom is -0.306 e. The van der Waals surface area contributed by atoms with Gasteiger partial charge in [-0.3, -0.25) is 4.79 Å². The van der Waals surface area contributed by atoms with Crippen molar-refractivity contribution in [2.75, 3.05) is 0 Å². The highest BCUT2D eigenvalue weighted by Gasteiger charge is 2.07. The van der Waals surface area contributed by atoms with Crippen molar-refractivity contribution < 1.29 is 4.79 Å². The Hall–Kier alpha value is -2.42. The Morgan fingerprint density at radius 1 is 1.20 bits per heavy atom. The average molecular weight is 264 g/mol. The molecule has 0 fully saturated rings. The number of nitrogens with zero attached hydrogens (tertiary/aromatic N) is 2. The molecule has 0 amide bonds. The molecule has 2 heterocycles. The molecule has 100 valence electrons. The van der Waals surface area contributed by atoms with Crippen LogP contribution in [0.4, 0.5) is 0 Å². The van der Waals surface area contributed by atoms with Gasteiger partial charge in [-0.1, -0.05) is 31.2 Å². The molecule has 1 aromatic carbocycles. The highest BCUT2D eigenvalue weighted by Crippen LogP contribution is 2.21. The molecule has 20 heavy (non-hydrogen) atoms. The number of fused-ring (bicyclic) bond motifs is 1. The van der Waals surface area contributed by atoms with Crippen LogP contribution in [-0.2, 0) is 6.42 Å². The van der Waals surface area contributed by atoms with Gasteiger partial charge in [0.05, 0.1) is 5.69 Å². The van der Waals surface area contributed by atoms with Crippen LogP contribution in [0.1, 0.15) is 28.4 Å². The first-order valence-corrected chi connectivity index (χ1v) is 6.75. The SMILES string of the molecule is CCc1ccc(-c2cn3cc(C=O)cc(C)c3n2)cc1. The predicted octanol–water partition coefficient (Wildman–Crippen LogP) is 3.68. The minimum absolute atomic E-state index is 0.667. The fraction of sp³-hybridized carbons (Fsp3) is 0.176. The van der Waals surface area contributed by atoms with Gasteiger partial charge in [0.15, 0.2) is 6.29 Å². The van der Waals surface area contributed by atoms with E-state index >= 15 is 0 Å². The quantitative estimate of drug-likeness (QED) is 0.676. The molecule has 0 unspecified atom stereocenters. The van der Waals surface area contributed by atoms with Crippen molar-refractivity contribution in [1.82, 2.24) is 9.38 Å². The van der Waals surface area contributed by atoms with E-state index in [0.717, 1.165) is 35.2 Å². The summed E-state index contributed by atoms with van der Waals surface area (Å²) >= 11 is 0. The highest BCUT2D eigenvalue weighted by atomic mass is 16.1. The Bertz CT molecular complexity index is 770. The molecule has 0 aliphatic heterocycles. The van der Waals surface area contributed by atoms with Crippen molar-refractivity contribution in [2.24, 2.45) is 0 Å². The molecule has 0 spiro atoms. The van der Waals surface area contributed by atoms with Crippen LogP contribution < -0.4 is 0 Å². The monoisotopic (exact) mass is 264 g/mol. The lowest BCUT2D eigenvalue weighted by Gasteiger charge is -1.98. The molecule has 3 aromatic rings. The third kappa shape index (κ3) is 2.11. The normalized spacial score (nSPS) is 10.9. The predicted molar refractivity (Wildman–Crippen MR) is 80.1 cm³/mol. The zero-order valence-corrected chi connectivity index (χ0v) is 11.6. The molecule has 0 aliphatic rings. The van der Waals surface area contributed by atoms with Gasteiger partial charge >= 0.3 is 0 Å². The van der Waals surface area contributed by atoms with Gasteiger partial charge in [-0.2, -0.15) is 0 Å². The van der Waals surface area contributed by atoms with Crippen LogP contribution in [-0.4, -0.2) is 15.7 Å². The van der Waals surface area contributed by atoms with Gasteiger partial charge in [-0.25, -0.2) is 4.98 Å². The number of hydrogen-bond acceptors (Lipinski definition) is 2. The number of rotatable bonds is 3. The molecule has 0 aliphatic carbocycles. The second-order valence-corrected chi connectivity index (χ2v) is 4.98. The van der Waals surface area contributed by atoms with Crippen molar-refractivity contribution >= 4 is 11.9 Å². The van der Waals surface area contributed by atoms with E-state index in [0.29, 0.717) is 5.56 Å². The van der Waals surface area contributed by atoms with E-state index in [1.54, 1.807) is 0 Å². The molecule has 3 nitrogen and oxygen atoms in total. The van der Waals surface area contributed by atoms with Gasteiger partial charge in [0.2, 0.25) is 0 Å². The van der Waals surface area contributed by atoms with Crippen LogP contribution in [0.3, 0.4) is 0 Å². The first-order valence-electron chi connectivity index (χ1n) is 6.75. The zero-order chi connectivity index (χ0) is 14.1. The molecule has 2 aromatic heterocycles. The number of pyridine rings is 1. The first kappa shape index (κ1) is 12.6. The summed E-state index contributed by atoms with van der Waals surface area (Å²) in [6.45, 7) is 4.11. The van der Waals surface area contributed by atoms with Gasteiger partial charge < -0.3 is 4.40 Å². The summed E-state index contributed by atoms with van der Waals surface area (Å²) in [5.74, 6) is 0. The molecule has 0 radical (unpaired) electrons. The number of aromatic nitrogens is 2. The Kier molecular flexibility index (Phi) is 3.11. The maximum absolute atomic E-state index is 10.9. The van der Waals surface area contributed by atoms with E-state index in [4.69, 9.17) is 0 Å². The van der Waals surface area contributed by atoms with Crippen molar-refractivity contribution in [2.45, 2.75) is 20.3 Å². The molecule has 0 N–H and O–H groups in total. The molecule has 0 bridgehead atoms. The number of imidazole rings is 1. The summed E-state index contributed by atoms with van der Waals surface area (Å²) < 4.78 is 1.92. The van der Waals surface area contributed by atoms with Crippen LogP contribution in [0, 0.1) is 6.92 Å². The minimum atomic E-state index is 0.667. The lowest BCUT2D eigenvalue weighted by Crippen LogP contribution is -1.91. The second-order valence-electron chi connectivity index (χ2n) is 4.98. The smallest absolute Gasteiger partial charge is 0.151 e. The Morgan fingerprint density at radius 3 is 2.60 bits per heavy atom. The molecular formula is C17H16N2O. The maximum atomic E-state index is 10.9. The second kappa shape index (κ2) is 4.93. The third-order valence-corrected chi connectivity index (χ3v) is 3.55. The summed E-state index contributed by atoms with van der Waals surface area (Å²) in [6, 6.07) is 10.3. The van der Waals surface area contributed by atoms with Crippen LogP contribution >= 0.6 is 0 Å². The van der Waals surface area contributed by atoms with Gasteiger partial charge in [0.1, 0.15) is 5.65 Å². The number of carbonyl (C=O) groups excluding carboxylic acids is 1. The molecule has 0 saturated heterocycles. The number of hydrogen-bond donors (Lipinski definition) is 0. The fourth-order valence-corrected chi connectivity index (χ4v) is 2.41. The summed E-state index contributed by atoms with van der Waals surface area (Å²) in [7, 11) is 0. The largest absolute Gasteiger partial charge is 0.306 e. The summed E-state index contributed by atoms with van der Waals surface area (Å²) in [5, 5.41) is 0. The number of carbonyl (C=O) groups is 1. The fourth-order valence-electron chi connectivity index (χ4n) is 2.41. The molecule has 3 heteroatoms. The summed E-state index contributed by atoms with van der Waals surface area (Å²) in [6.07, 6.45) is 5.68. The van der Waals surface area contributed by atoms with Crippen LogP contribution in [0.2, 0.25) is 0 Å². The number of aldehydes is 1. The number of aryl methyl sites for hydroxylation is 2.